The number of nitrogens with zero attached hydrogens (tertiary/aromatic N) is 2. The zero-order chi connectivity index (χ0) is 55.1. The summed E-state index contributed by atoms with van der Waals surface area (Å²) in [6.07, 6.45) is 0. The van der Waals surface area contributed by atoms with Crippen molar-refractivity contribution in [3.8, 4) is 23.0 Å². The number of esters is 4. The fraction of sp³-hybridized carbons (Fsp3) is 0.212. The minimum atomic E-state index is -0.527. The number of para-hydroxylation sites is 4. The maximum atomic E-state index is 13.6. The zero-order valence-corrected chi connectivity index (χ0v) is 44.3. The standard InChI is InChI=1S/C66H62N2O12/c69-63-55-19-7-11-23-59(55)77-45-51-27-31-53(32-28-51)47-79-61-25-13-9-21-57(61)65(71)75-41-37-68(44-50-17-5-2-6-18-50)38-42-76-66(72)58-22-10-14-26-62(58)80-48-54-33-29-52(30-34-54)46-78-60-24-12-8-20-56(60)64(70)74-40-36-67(35-39-73-63)43-49-15-3-1-4-16-49/h1-34H,35-48H2. The predicted molar refractivity (Wildman–Crippen MR) is 301 cm³/mol. The third kappa shape index (κ3) is 16.4. The van der Waals surface area contributed by atoms with Crippen LogP contribution in [0.3, 0.4) is 0 Å². The van der Waals surface area contributed by atoms with Crippen LogP contribution >= 0.6 is 0 Å². The van der Waals surface area contributed by atoms with E-state index in [1.54, 1.807) is 97.1 Å². The van der Waals surface area contributed by atoms with Gasteiger partial charge in [0.1, 0.15) is 98.1 Å². The van der Waals surface area contributed by atoms with Gasteiger partial charge in [0.05, 0.1) is 0 Å². The van der Waals surface area contributed by atoms with E-state index in [0.717, 1.165) is 33.4 Å². The molecule has 0 aromatic heterocycles. The van der Waals surface area contributed by atoms with Gasteiger partial charge in [0.2, 0.25) is 0 Å². The zero-order valence-electron chi connectivity index (χ0n) is 44.3. The van der Waals surface area contributed by atoms with Crippen molar-refractivity contribution >= 4 is 23.9 Å². The Kier molecular flexibility index (Phi) is 20.1. The summed E-state index contributed by atoms with van der Waals surface area (Å²) in [5.41, 5.74) is 6.70. The number of hydrogen-bond donors (Lipinski definition) is 0. The third-order valence-electron chi connectivity index (χ3n) is 13.1. The Hall–Kier alpha value is -9.24. The lowest BCUT2D eigenvalue weighted by atomic mass is 10.1. The number of hydrogen-bond acceptors (Lipinski definition) is 14. The van der Waals surface area contributed by atoms with E-state index in [2.05, 4.69) is 9.80 Å². The Morgan fingerprint density at radius 2 is 0.487 bits per heavy atom. The van der Waals surface area contributed by atoms with Crippen molar-refractivity contribution in [1.82, 2.24) is 9.80 Å². The molecule has 12 rings (SSSR count). The van der Waals surface area contributed by atoms with Crippen molar-refractivity contribution in [2.24, 2.45) is 0 Å². The molecule has 0 saturated heterocycles. The molecule has 0 saturated carbocycles. The predicted octanol–water partition coefficient (Wildman–Crippen LogP) is 11.3. The molecule has 0 amide bonds. The van der Waals surface area contributed by atoms with Crippen molar-refractivity contribution < 1.29 is 57.1 Å². The van der Waals surface area contributed by atoms with E-state index in [9.17, 15) is 19.2 Å². The maximum absolute atomic E-state index is 13.6. The van der Waals surface area contributed by atoms with Crippen LogP contribution in [0.25, 0.3) is 0 Å². The largest absolute Gasteiger partial charge is 0.488 e. The lowest BCUT2D eigenvalue weighted by Crippen LogP contribution is -2.32. The molecule has 0 aliphatic carbocycles. The number of benzene rings is 8. The van der Waals surface area contributed by atoms with E-state index < -0.39 is 23.9 Å². The molecule has 4 bridgehead atoms. The molecule has 0 N–H and O–H groups in total. The minimum absolute atomic E-state index is 0.0755. The fourth-order valence-corrected chi connectivity index (χ4v) is 8.76. The first-order valence-electron chi connectivity index (χ1n) is 26.6. The maximum Gasteiger partial charge on any atom is 0.341 e. The monoisotopic (exact) mass is 1070 g/mol. The smallest absolute Gasteiger partial charge is 0.341 e. The molecule has 0 radical (unpaired) electrons. The summed E-state index contributed by atoms with van der Waals surface area (Å²) in [7, 11) is 0. The van der Waals surface area contributed by atoms with E-state index in [0.29, 0.717) is 84.5 Å². The second kappa shape index (κ2) is 28.9. The second-order valence-electron chi connectivity index (χ2n) is 18.8. The van der Waals surface area contributed by atoms with Gasteiger partial charge >= 0.3 is 23.9 Å². The van der Waals surface area contributed by atoms with E-state index in [1.165, 1.54) is 0 Å². The van der Waals surface area contributed by atoms with E-state index in [1.807, 2.05) is 109 Å². The lowest BCUT2D eigenvalue weighted by molar-refractivity contribution is 0.0367. The molecule has 8 aromatic carbocycles. The van der Waals surface area contributed by atoms with Gasteiger partial charge in [0.15, 0.2) is 0 Å². The van der Waals surface area contributed by atoms with Gasteiger partial charge in [-0.05, 0) is 81.9 Å². The van der Waals surface area contributed by atoms with Gasteiger partial charge in [0.25, 0.3) is 0 Å². The molecule has 0 atom stereocenters. The summed E-state index contributed by atoms with van der Waals surface area (Å²) in [6.45, 7) is 3.59. The molecule has 408 valence electrons. The fourth-order valence-electron chi connectivity index (χ4n) is 8.76. The third-order valence-corrected chi connectivity index (χ3v) is 13.1. The Bertz CT molecular complexity index is 2880. The first-order chi connectivity index (χ1) is 39.3. The van der Waals surface area contributed by atoms with Gasteiger partial charge in [-0.1, -0.05) is 158 Å². The molecule has 80 heavy (non-hydrogen) atoms. The molecular weight excluding hydrogens is 1010 g/mol. The van der Waals surface area contributed by atoms with Crippen LogP contribution in [-0.4, -0.2) is 86.3 Å². The van der Waals surface area contributed by atoms with Crippen LogP contribution in [0.1, 0.15) is 74.8 Å². The SMILES string of the molecule is O=C1OCCN(Cc2ccccc2)CCOC(=O)c2ccccc2OCc2ccc(cc2)COc2ccccc2C(=O)OCCN(Cc2ccccc2)CCOC(=O)c2ccccc2OCc2ccc(cc2)COc2ccccc21. The van der Waals surface area contributed by atoms with Gasteiger partial charge in [0, 0.05) is 39.3 Å². The average Bonchev–Trinajstić information content (AvgIpc) is 3.50. The number of rotatable bonds is 4. The van der Waals surface area contributed by atoms with Gasteiger partial charge in [-0.25, -0.2) is 19.2 Å². The first-order valence-corrected chi connectivity index (χ1v) is 26.6. The minimum Gasteiger partial charge on any atom is -0.488 e. The highest BCUT2D eigenvalue weighted by Crippen LogP contribution is 2.26. The summed E-state index contributed by atoms with van der Waals surface area (Å²) >= 11 is 0. The summed E-state index contributed by atoms with van der Waals surface area (Å²) < 4.78 is 48.0. The number of carbonyl (C=O) groups is 4. The van der Waals surface area contributed by atoms with Crippen molar-refractivity contribution in [3.63, 3.8) is 0 Å². The van der Waals surface area contributed by atoms with Crippen molar-refractivity contribution in [1.29, 1.82) is 0 Å². The number of ether oxygens (including phenoxy) is 8. The molecule has 4 aliphatic rings. The van der Waals surface area contributed by atoms with Crippen molar-refractivity contribution in [2.45, 2.75) is 39.5 Å². The Balaban J connectivity index is 0.890. The van der Waals surface area contributed by atoms with Crippen molar-refractivity contribution in [3.05, 3.63) is 262 Å². The Labute approximate surface area is 465 Å². The van der Waals surface area contributed by atoms with Crippen LogP contribution < -0.4 is 18.9 Å². The first kappa shape index (κ1) is 55.5. The van der Waals surface area contributed by atoms with E-state index in [4.69, 9.17) is 37.9 Å². The summed E-state index contributed by atoms with van der Waals surface area (Å²) in [5.74, 6) is -0.588. The van der Waals surface area contributed by atoms with Crippen LogP contribution in [0.15, 0.2) is 206 Å². The summed E-state index contributed by atoms with van der Waals surface area (Å²) in [4.78, 5) is 58.4. The van der Waals surface area contributed by atoms with Crippen LogP contribution in [0.5, 0.6) is 23.0 Å². The molecule has 14 nitrogen and oxygen atoms in total. The quantitative estimate of drug-likeness (QED) is 0.122. The van der Waals surface area contributed by atoms with E-state index >= 15 is 0 Å². The van der Waals surface area contributed by atoms with Gasteiger partial charge < -0.3 is 37.9 Å². The molecule has 0 fully saturated rings. The molecule has 4 heterocycles. The summed E-state index contributed by atoms with van der Waals surface area (Å²) in [5, 5.41) is 0. The molecule has 0 spiro atoms. The van der Waals surface area contributed by atoms with Gasteiger partial charge in [-0.3, -0.25) is 9.80 Å². The number of carbonyl (C=O) groups excluding carboxylic acids is 4. The van der Waals surface area contributed by atoms with Crippen molar-refractivity contribution in [2.75, 3.05) is 52.6 Å². The van der Waals surface area contributed by atoms with Crippen LogP contribution in [0.4, 0.5) is 0 Å². The molecular formula is C66H62N2O12. The normalized spacial score (nSPS) is 15.3. The summed E-state index contributed by atoms with van der Waals surface area (Å²) in [6, 6.07) is 62.9. The molecule has 14 heteroatoms. The lowest BCUT2D eigenvalue weighted by Gasteiger charge is -2.22. The average molecular weight is 1080 g/mol. The topological polar surface area (TPSA) is 149 Å². The second-order valence-corrected chi connectivity index (χ2v) is 18.8. The molecule has 8 aromatic rings. The Morgan fingerprint density at radius 3 is 0.738 bits per heavy atom. The van der Waals surface area contributed by atoms with Gasteiger partial charge in [-0.15, -0.1) is 0 Å². The van der Waals surface area contributed by atoms with E-state index in [-0.39, 0.29) is 52.9 Å². The van der Waals surface area contributed by atoms with Crippen LogP contribution in [0, 0.1) is 0 Å². The van der Waals surface area contributed by atoms with Crippen LogP contribution in [0.2, 0.25) is 0 Å². The molecule has 0 unspecified atom stereocenters. The highest BCUT2D eigenvalue weighted by Gasteiger charge is 2.20. The highest BCUT2D eigenvalue weighted by molar-refractivity contribution is 5.94. The van der Waals surface area contributed by atoms with Gasteiger partial charge in [-0.2, -0.15) is 0 Å². The highest BCUT2D eigenvalue weighted by atomic mass is 16.6. The molecule has 4 aliphatic heterocycles. The Morgan fingerprint density at radius 1 is 0.263 bits per heavy atom. The van der Waals surface area contributed by atoms with Crippen LogP contribution in [-0.2, 0) is 58.5 Å².